The SMILES string of the molecule is CC(C)CNCCNCCC12CC3CC(CC(C3)C1)C2. The second kappa shape index (κ2) is 6.36. The van der Waals surface area contributed by atoms with Gasteiger partial charge in [0.25, 0.3) is 0 Å². The highest BCUT2D eigenvalue weighted by Crippen LogP contribution is 2.61. The molecule has 4 aliphatic carbocycles. The highest BCUT2D eigenvalue weighted by molar-refractivity contribution is 5.01. The zero-order valence-electron chi connectivity index (χ0n) is 13.6. The molecule has 0 aliphatic heterocycles. The minimum absolute atomic E-state index is 0.757. The maximum Gasteiger partial charge on any atom is 0.00768 e. The molecule has 0 heterocycles. The Morgan fingerprint density at radius 2 is 1.40 bits per heavy atom. The summed E-state index contributed by atoms with van der Waals surface area (Å²) in [4.78, 5) is 0. The van der Waals surface area contributed by atoms with Crippen LogP contribution in [-0.2, 0) is 0 Å². The van der Waals surface area contributed by atoms with Crippen molar-refractivity contribution >= 4 is 0 Å². The third-order valence-electron chi connectivity index (χ3n) is 6.03. The van der Waals surface area contributed by atoms with E-state index in [2.05, 4.69) is 24.5 Å². The van der Waals surface area contributed by atoms with Crippen molar-refractivity contribution in [3.8, 4) is 0 Å². The van der Waals surface area contributed by atoms with E-state index in [1.807, 2.05) is 0 Å². The fourth-order valence-electron chi connectivity index (χ4n) is 5.64. The van der Waals surface area contributed by atoms with Gasteiger partial charge in [-0.1, -0.05) is 13.8 Å². The molecule has 2 heteroatoms. The van der Waals surface area contributed by atoms with Gasteiger partial charge in [-0.2, -0.15) is 0 Å². The summed E-state index contributed by atoms with van der Waals surface area (Å²) in [6, 6.07) is 0. The largest absolute Gasteiger partial charge is 0.315 e. The highest BCUT2D eigenvalue weighted by atomic mass is 14.9. The number of rotatable bonds is 8. The molecule has 0 saturated heterocycles. The first-order chi connectivity index (χ1) is 9.65. The average molecular weight is 278 g/mol. The molecule has 0 aromatic carbocycles. The molecule has 0 aromatic heterocycles. The van der Waals surface area contributed by atoms with Crippen molar-refractivity contribution in [1.82, 2.24) is 10.6 Å². The Bertz CT molecular complexity index is 275. The van der Waals surface area contributed by atoms with Gasteiger partial charge < -0.3 is 10.6 Å². The van der Waals surface area contributed by atoms with Crippen molar-refractivity contribution in [1.29, 1.82) is 0 Å². The van der Waals surface area contributed by atoms with Crippen molar-refractivity contribution in [3.63, 3.8) is 0 Å². The Kier molecular flexibility index (Phi) is 4.72. The van der Waals surface area contributed by atoms with Gasteiger partial charge in [-0.25, -0.2) is 0 Å². The van der Waals surface area contributed by atoms with E-state index in [0.29, 0.717) is 0 Å². The molecule has 20 heavy (non-hydrogen) atoms. The van der Waals surface area contributed by atoms with Crippen LogP contribution in [0.3, 0.4) is 0 Å². The first kappa shape index (κ1) is 14.8. The maximum absolute atomic E-state index is 3.67. The van der Waals surface area contributed by atoms with Crippen molar-refractivity contribution in [3.05, 3.63) is 0 Å². The van der Waals surface area contributed by atoms with Crippen LogP contribution in [0.15, 0.2) is 0 Å². The minimum Gasteiger partial charge on any atom is -0.315 e. The Morgan fingerprint density at radius 3 is 1.95 bits per heavy atom. The third kappa shape index (κ3) is 3.57. The van der Waals surface area contributed by atoms with Crippen LogP contribution in [0.25, 0.3) is 0 Å². The Balaban J connectivity index is 1.33. The summed E-state index contributed by atoms with van der Waals surface area (Å²) in [5, 5.41) is 7.19. The van der Waals surface area contributed by atoms with Gasteiger partial charge in [0.2, 0.25) is 0 Å². The number of hydrogen-bond acceptors (Lipinski definition) is 2. The lowest BCUT2D eigenvalue weighted by molar-refractivity contribution is -0.0567. The second-order valence-corrected chi connectivity index (χ2v) is 8.52. The molecule has 0 amide bonds. The van der Waals surface area contributed by atoms with Crippen molar-refractivity contribution in [2.75, 3.05) is 26.2 Å². The van der Waals surface area contributed by atoms with Crippen LogP contribution in [-0.4, -0.2) is 26.2 Å². The lowest BCUT2D eigenvalue weighted by Crippen LogP contribution is -2.47. The van der Waals surface area contributed by atoms with E-state index in [1.54, 1.807) is 38.5 Å². The summed E-state index contributed by atoms with van der Waals surface area (Å²) in [6.45, 7) is 9.20. The van der Waals surface area contributed by atoms with E-state index in [-0.39, 0.29) is 0 Å². The summed E-state index contributed by atoms with van der Waals surface area (Å²) in [6.07, 6.45) is 10.9. The summed E-state index contributed by atoms with van der Waals surface area (Å²) < 4.78 is 0. The molecule has 2 nitrogen and oxygen atoms in total. The summed E-state index contributed by atoms with van der Waals surface area (Å²) in [7, 11) is 0. The normalized spacial score (nSPS) is 38.9. The van der Waals surface area contributed by atoms with E-state index >= 15 is 0 Å². The van der Waals surface area contributed by atoms with E-state index in [1.165, 1.54) is 13.0 Å². The van der Waals surface area contributed by atoms with Crippen LogP contribution in [0, 0.1) is 29.1 Å². The number of hydrogen-bond donors (Lipinski definition) is 2. The van der Waals surface area contributed by atoms with Gasteiger partial charge in [0.15, 0.2) is 0 Å². The lowest BCUT2D eigenvalue weighted by atomic mass is 9.49. The molecule has 4 saturated carbocycles. The summed E-state index contributed by atoms with van der Waals surface area (Å²) in [5.74, 6) is 4.08. The highest BCUT2D eigenvalue weighted by Gasteiger charge is 2.50. The first-order valence-electron chi connectivity index (χ1n) is 9.07. The van der Waals surface area contributed by atoms with Crippen LogP contribution >= 0.6 is 0 Å². The quantitative estimate of drug-likeness (QED) is 0.665. The predicted octanol–water partition coefficient (Wildman–Crippen LogP) is 3.43. The van der Waals surface area contributed by atoms with E-state index < -0.39 is 0 Å². The van der Waals surface area contributed by atoms with Crippen LogP contribution in [0.2, 0.25) is 0 Å². The summed E-state index contributed by atoms with van der Waals surface area (Å²) >= 11 is 0. The van der Waals surface area contributed by atoms with Crippen molar-refractivity contribution in [2.45, 2.75) is 58.8 Å². The molecule has 4 rings (SSSR count). The predicted molar refractivity (Wildman–Crippen MR) is 85.8 cm³/mol. The van der Waals surface area contributed by atoms with Gasteiger partial charge in [-0.15, -0.1) is 0 Å². The Labute approximate surface area is 125 Å². The van der Waals surface area contributed by atoms with Gasteiger partial charge in [0, 0.05) is 13.1 Å². The molecular weight excluding hydrogens is 244 g/mol. The Morgan fingerprint density at radius 1 is 0.850 bits per heavy atom. The van der Waals surface area contributed by atoms with Crippen LogP contribution in [0.5, 0.6) is 0 Å². The fraction of sp³-hybridized carbons (Fsp3) is 1.00. The third-order valence-corrected chi connectivity index (χ3v) is 6.03. The molecule has 4 fully saturated rings. The standard InChI is InChI=1S/C18H34N2/c1-14(2)13-20-6-5-19-4-3-18-10-15-7-16(11-18)9-17(8-15)12-18/h14-17,19-20H,3-13H2,1-2H3. The lowest BCUT2D eigenvalue weighted by Gasteiger charge is -2.57. The number of nitrogens with one attached hydrogen (secondary N) is 2. The van der Waals surface area contributed by atoms with Gasteiger partial charge in [0.1, 0.15) is 0 Å². The smallest absolute Gasteiger partial charge is 0.00768 e. The molecule has 0 radical (unpaired) electrons. The molecule has 116 valence electrons. The molecule has 0 atom stereocenters. The second-order valence-electron chi connectivity index (χ2n) is 8.52. The van der Waals surface area contributed by atoms with Crippen LogP contribution in [0.1, 0.15) is 58.8 Å². The molecular formula is C18H34N2. The van der Waals surface area contributed by atoms with Crippen molar-refractivity contribution < 1.29 is 0 Å². The molecule has 0 unspecified atom stereocenters. The Hall–Kier alpha value is -0.0800. The van der Waals surface area contributed by atoms with Crippen LogP contribution in [0.4, 0.5) is 0 Å². The van der Waals surface area contributed by atoms with E-state index in [0.717, 1.165) is 48.7 Å². The zero-order valence-corrected chi connectivity index (χ0v) is 13.6. The van der Waals surface area contributed by atoms with E-state index in [9.17, 15) is 0 Å². The molecule has 4 aliphatic rings. The molecule has 0 spiro atoms. The van der Waals surface area contributed by atoms with Crippen LogP contribution < -0.4 is 10.6 Å². The minimum atomic E-state index is 0.757. The molecule has 2 N–H and O–H groups in total. The topological polar surface area (TPSA) is 24.1 Å². The van der Waals surface area contributed by atoms with E-state index in [4.69, 9.17) is 0 Å². The van der Waals surface area contributed by atoms with Gasteiger partial charge in [-0.05, 0) is 87.1 Å². The first-order valence-corrected chi connectivity index (χ1v) is 9.07. The van der Waals surface area contributed by atoms with Gasteiger partial charge >= 0.3 is 0 Å². The summed E-state index contributed by atoms with van der Waals surface area (Å²) in [5.41, 5.74) is 0.757. The maximum atomic E-state index is 3.67. The molecule has 0 aromatic rings. The fourth-order valence-corrected chi connectivity index (χ4v) is 5.64. The zero-order chi connectivity index (χ0) is 14.0. The van der Waals surface area contributed by atoms with Gasteiger partial charge in [-0.3, -0.25) is 0 Å². The average Bonchev–Trinajstić information content (AvgIpc) is 2.35. The van der Waals surface area contributed by atoms with Gasteiger partial charge in [0.05, 0.1) is 0 Å². The molecule has 4 bridgehead atoms. The monoisotopic (exact) mass is 278 g/mol. The van der Waals surface area contributed by atoms with Crippen molar-refractivity contribution in [2.24, 2.45) is 29.1 Å².